The fraction of sp³-hybridized carbons (Fsp3) is 0.786. The highest BCUT2D eigenvalue weighted by atomic mass is 15.3. The van der Waals surface area contributed by atoms with E-state index in [1.54, 1.807) is 0 Å². The molecular weight excluding hydrogens is 224 g/mol. The second-order valence-electron chi connectivity index (χ2n) is 6.22. The van der Waals surface area contributed by atoms with Crippen LogP contribution in [-0.4, -0.2) is 40.1 Å². The first-order chi connectivity index (χ1) is 8.59. The summed E-state index contributed by atoms with van der Waals surface area (Å²) in [5.41, 5.74) is 1.47. The van der Waals surface area contributed by atoms with Crippen LogP contribution in [0.25, 0.3) is 0 Å². The number of anilines is 1. The second kappa shape index (κ2) is 4.26. The molecule has 0 aliphatic heterocycles. The fourth-order valence-electron chi connectivity index (χ4n) is 2.84. The Kier molecular flexibility index (Phi) is 2.85. The molecule has 0 amide bonds. The first-order valence-electron chi connectivity index (χ1n) is 7.07. The predicted octanol–water partition coefficient (Wildman–Crippen LogP) is 2.25. The van der Waals surface area contributed by atoms with Gasteiger partial charge in [0.15, 0.2) is 0 Å². The van der Waals surface area contributed by atoms with Crippen LogP contribution in [0.15, 0.2) is 6.20 Å². The van der Waals surface area contributed by atoms with Crippen LogP contribution in [0.2, 0.25) is 0 Å². The number of rotatable bonds is 5. The number of likely N-dealkylation sites (N-methyl/N-ethyl adjacent to an activating group) is 1. The van der Waals surface area contributed by atoms with Crippen molar-refractivity contribution in [1.82, 2.24) is 14.5 Å². The van der Waals surface area contributed by atoms with Gasteiger partial charge in [0.25, 0.3) is 0 Å². The van der Waals surface area contributed by atoms with Gasteiger partial charge in [-0.1, -0.05) is 0 Å². The maximum atomic E-state index is 4.63. The third-order valence-corrected chi connectivity index (χ3v) is 4.51. The van der Waals surface area contributed by atoms with Crippen LogP contribution < -0.4 is 5.32 Å². The number of aryl methyl sites for hydroxylation is 1. The summed E-state index contributed by atoms with van der Waals surface area (Å²) in [6, 6.07) is 0.669. The summed E-state index contributed by atoms with van der Waals surface area (Å²) in [6.45, 7) is 3.15. The van der Waals surface area contributed by atoms with Gasteiger partial charge in [0, 0.05) is 24.3 Å². The van der Waals surface area contributed by atoms with Crippen LogP contribution in [0, 0.1) is 6.92 Å². The van der Waals surface area contributed by atoms with E-state index >= 15 is 0 Å². The second-order valence-corrected chi connectivity index (χ2v) is 6.22. The lowest BCUT2D eigenvalue weighted by Crippen LogP contribution is -2.53. The van der Waals surface area contributed by atoms with Gasteiger partial charge in [0.1, 0.15) is 0 Å². The lowest BCUT2D eigenvalue weighted by atomic mass is 9.75. The molecule has 0 unspecified atom stereocenters. The molecule has 1 aromatic rings. The molecule has 1 aromatic heterocycles. The topological polar surface area (TPSA) is 33.1 Å². The van der Waals surface area contributed by atoms with Crippen LogP contribution in [0.5, 0.6) is 0 Å². The Bertz CT molecular complexity index is 427. The summed E-state index contributed by atoms with van der Waals surface area (Å²) < 4.78 is 2.33. The Hall–Kier alpha value is -1.03. The zero-order valence-corrected chi connectivity index (χ0v) is 11.7. The lowest BCUT2D eigenvalue weighted by Gasteiger charge is -2.47. The molecule has 100 valence electrons. The van der Waals surface area contributed by atoms with Crippen LogP contribution in [0.3, 0.4) is 0 Å². The van der Waals surface area contributed by atoms with Crippen molar-refractivity contribution in [3.8, 4) is 0 Å². The molecule has 0 saturated heterocycles. The molecule has 0 aromatic carbocycles. The van der Waals surface area contributed by atoms with E-state index < -0.39 is 0 Å². The van der Waals surface area contributed by atoms with Crippen LogP contribution in [0.1, 0.15) is 37.8 Å². The molecule has 0 radical (unpaired) electrons. The molecule has 2 aliphatic carbocycles. The molecular formula is C14H24N4. The van der Waals surface area contributed by atoms with Gasteiger partial charge < -0.3 is 14.8 Å². The van der Waals surface area contributed by atoms with Gasteiger partial charge in [0.2, 0.25) is 5.95 Å². The molecule has 3 rings (SSSR count). The van der Waals surface area contributed by atoms with Crippen LogP contribution >= 0.6 is 0 Å². The van der Waals surface area contributed by atoms with Crippen molar-refractivity contribution in [2.24, 2.45) is 0 Å². The maximum Gasteiger partial charge on any atom is 0.203 e. The Morgan fingerprint density at radius 1 is 1.44 bits per heavy atom. The number of imidazole rings is 1. The summed E-state index contributed by atoms with van der Waals surface area (Å²) in [5.74, 6) is 1.07. The highest BCUT2D eigenvalue weighted by molar-refractivity contribution is 5.32. The summed E-state index contributed by atoms with van der Waals surface area (Å²) in [5, 5.41) is 3.55. The zero-order valence-electron chi connectivity index (χ0n) is 11.7. The third-order valence-electron chi connectivity index (χ3n) is 4.51. The van der Waals surface area contributed by atoms with E-state index in [4.69, 9.17) is 0 Å². The van der Waals surface area contributed by atoms with E-state index in [-0.39, 0.29) is 0 Å². The molecule has 4 heteroatoms. The van der Waals surface area contributed by atoms with Crippen molar-refractivity contribution >= 4 is 5.95 Å². The SMILES string of the molecule is Cc1cn(CC2(N(C)C)CCC2)c(NC2CC2)n1. The van der Waals surface area contributed by atoms with E-state index in [2.05, 4.69) is 47.0 Å². The van der Waals surface area contributed by atoms with Gasteiger partial charge in [-0.2, -0.15) is 0 Å². The molecule has 2 aliphatic rings. The van der Waals surface area contributed by atoms with E-state index in [1.165, 1.54) is 32.1 Å². The minimum Gasteiger partial charge on any atom is -0.353 e. The Morgan fingerprint density at radius 3 is 2.67 bits per heavy atom. The van der Waals surface area contributed by atoms with Crippen molar-refractivity contribution in [2.45, 2.75) is 57.2 Å². The zero-order chi connectivity index (χ0) is 12.8. The first-order valence-corrected chi connectivity index (χ1v) is 7.07. The number of hydrogen-bond donors (Lipinski definition) is 1. The predicted molar refractivity (Wildman–Crippen MR) is 73.9 cm³/mol. The van der Waals surface area contributed by atoms with Crippen LogP contribution in [-0.2, 0) is 6.54 Å². The lowest BCUT2D eigenvalue weighted by molar-refractivity contribution is 0.0429. The summed E-state index contributed by atoms with van der Waals surface area (Å²) >= 11 is 0. The van der Waals surface area contributed by atoms with Gasteiger partial charge in [0.05, 0.1) is 5.69 Å². The van der Waals surface area contributed by atoms with Gasteiger partial charge in [-0.05, 0) is 53.1 Å². The van der Waals surface area contributed by atoms with Crippen molar-refractivity contribution < 1.29 is 0 Å². The molecule has 1 N–H and O–H groups in total. The molecule has 1 heterocycles. The quantitative estimate of drug-likeness (QED) is 0.867. The molecule has 2 saturated carbocycles. The van der Waals surface area contributed by atoms with Crippen molar-refractivity contribution in [2.75, 3.05) is 19.4 Å². The van der Waals surface area contributed by atoms with Crippen LogP contribution in [0.4, 0.5) is 5.95 Å². The molecule has 2 fully saturated rings. The van der Waals surface area contributed by atoms with Crippen molar-refractivity contribution in [1.29, 1.82) is 0 Å². The number of nitrogens with one attached hydrogen (secondary N) is 1. The average Bonchev–Trinajstić information content (AvgIpc) is 2.97. The average molecular weight is 248 g/mol. The number of nitrogens with zero attached hydrogens (tertiary/aromatic N) is 3. The summed E-state index contributed by atoms with van der Waals surface area (Å²) in [6.07, 6.45) is 8.75. The first kappa shape index (κ1) is 12.0. The van der Waals surface area contributed by atoms with E-state index in [9.17, 15) is 0 Å². The number of hydrogen-bond acceptors (Lipinski definition) is 3. The van der Waals surface area contributed by atoms with Gasteiger partial charge in [-0.25, -0.2) is 4.98 Å². The van der Waals surface area contributed by atoms with Gasteiger partial charge in [-0.15, -0.1) is 0 Å². The molecule has 4 nitrogen and oxygen atoms in total. The highest BCUT2D eigenvalue weighted by Gasteiger charge is 2.40. The Labute approximate surface area is 109 Å². The minimum atomic E-state index is 0.354. The smallest absolute Gasteiger partial charge is 0.203 e. The standard InChI is InChI=1S/C14H24N4/c1-11-9-18(13(15-11)16-12-5-6-12)10-14(17(2)3)7-4-8-14/h9,12H,4-8,10H2,1-3H3,(H,15,16). The maximum absolute atomic E-state index is 4.63. The molecule has 0 spiro atoms. The largest absolute Gasteiger partial charge is 0.353 e. The van der Waals surface area contributed by atoms with Gasteiger partial charge in [-0.3, -0.25) is 0 Å². The van der Waals surface area contributed by atoms with E-state index in [0.717, 1.165) is 18.2 Å². The van der Waals surface area contributed by atoms with Gasteiger partial charge >= 0.3 is 0 Å². The van der Waals surface area contributed by atoms with Crippen molar-refractivity contribution in [3.63, 3.8) is 0 Å². The summed E-state index contributed by atoms with van der Waals surface area (Å²) in [4.78, 5) is 7.02. The normalized spacial score (nSPS) is 22.0. The fourth-order valence-corrected chi connectivity index (χ4v) is 2.84. The molecule has 18 heavy (non-hydrogen) atoms. The Balaban J connectivity index is 1.78. The van der Waals surface area contributed by atoms with Crippen molar-refractivity contribution in [3.05, 3.63) is 11.9 Å². The monoisotopic (exact) mass is 248 g/mol. The molecule has 0 bridgehead atoms. The minimum absolute atomic E-state index is 0.354. The number of aromatic nitrogens is 2. The molecule has 0 atom stereocenters. The van der Waals surface area contributed by atoms with E-state index in [0.29, 0.717) is 11.6 Å². The Morgan fingerprint density at radius 2 is 2.17 bits per heavy atom. The summed E-state index contributed by atoms with van der Waals surface area (Å²) in [7, 11) is 4.41. The third kappa shape index (κ3) is 2.14. The van der Waals surface area contributed by atoms with E-state index in [1.807, 2.05) is 0 Å². The highest BCUT2D eigenvalue weighted by Crippen LogP contribution is 2.38.